The van der Waals surface area contributed by atoms with Crippen molar-refractivity contribution in [3.8, 4) is 0 Å². The Hall–Kier alpha value is -1.76. The molecule has 110 valence electrons. The maximum atomic E-state index is 2.57. The number of anilines is 1. The predicted molar refractivity (Wildman–Crippen MR) is 91.2 cm³/mol. The van der Waals surface area contributed by atoms with Gasteiger partial charge in [-0.25, -0.2) is 0 Å². The molecule has 1 nitrogen and oxygen atoms in total. The molecular formula is C20H25N. The van der Waals surface area contributed by atoms with Gasteiger partial charge in [0.25, 0.3) is 0 Å². The Morgan fingerprint density at radius 3 is 2.29 bits per heavy atom. The highest BCUT2D eigenvalue weighted by Gasteiger charge is 2.27. The lowest BCUT2D eigenvalue weighted by molar-refractivity contribution is 0.588. The summed E-state index contributed by atoms with van der Waals surface area (Å²) in [5, 5.41) is 0. The topological polar surface area (TPSA) is 3.24 Å². The standard InChI is InChI=1S/C20H25N/c1-20(2,3)18-11-7-8-12-19(18)21-14-13-17(15-21)16-9-5-4-6-10-16/h4-12,17H,13-15H2,1-3H3/t17-/m1/s1. The second-order valence-corrected chi connectivity index (χ2v) is 7.11. The predicted octanol–water partition coefficient (Wildman–Crippen LogP) is 4.98. The smallest absolute Gasteiger partial charge is 0.0404 e. The van der Waals surface area contributed by atoms with Gasteiger partial charge < -0.3 is 4.90 Å². The van der Waals surface area contributed by atoms with Crippen LogP contribution in [0, 0.1) is 0 Å². The van der Waals surface area contributed by atoms with E-state index >= 15 is 0 Å². The van der Waals surface area contributed by atoms with Gasteiger partial charge in [-0.2, -0.15) is 0 Å². The van der Waals surface area contributed by atoms with Crippen LogP contribution in [0.15, 0.2) is 54.6 Å². The second-order valence-electron chi connectivity index (χ2n) is 7.11. The molecule has 0 N–H and O–H groups in total. The van der Waals surface area contributed by atoms with Gasteiger partial charge in [0.2, 0.25) is 0 Å². The highest BCUT2D eigenvalue weighted by atomic mass is 15.2. The van der Waals surface area contributed by atoms with E-state index in [-0.39, 0.29) is 5.41 Å². The minimum atomic E-state index is 0.196. The largest absolute Gasteiger partial charge is 0.371 e. The fourth-order valence-electron chi connectivity index (χ4n) is 3.36. The molecule has 1 aliphatic rings. The highest BCUT2D eigenvalue weighted by Crippen LogP contribution is 2.36. The fraction of sp³-hybridized carbons (Fsp3) is 0.400. The highest BCUT2D eigenvalue weighted by molar-refractivity contribution is 5.57. The Kier molecular flexibility index (Phi) is 3.75. The van der Waals surface area contributed by atoms with Gasteiger partial charge in [0.1, 0.15) is 0 Å². The first-order valence-electron chi connectivity index (χ1n) is 7.95. The Balaban J connectivity index is 1.84. The van der Waals surface area contributed by atoms with Crippen LogP contribution in [-0.2, 0) is 5.41 Å². The normalized spacial score (nSPS) is 19.0. The molecular weight excluding hydrogens is 254 g/mol. The average Bonchev–Trinajstić information content (AvgIpc) is 2.97. The van der Waals surface area contributed by atoms with Crippen LogP contribution in [0.5, 0.6) is 0 Å². The van der Waals surface area contributed by atoms with Gasteiger partial charge in [0.15, 0.2) is 0 Å². The lowest BCUT2D eigenvalue weighted by Gasteiger charge is -2.28. The third-order valence-corrected chi connectivity index (χ3v) is 4.51. The molecule has 1 aliphatic heterocycles. The Labute approximate surface area is 128 Å². The van der Waals surface area contributed by atoms with Crippen LogP contribution in [-0.4, -0.2) is 13.1 Å². The molecule has 0 aromatic heterocycles. The van der Waals surface area contributed by atoms with E-state index in [2.05, 4.69) is 80.3 Å². The van der Waals surface area contributed by atoms with Gasteiger partial charge in [-0.15, -0.1) is 0 Å². The molecule has 1 atom stereocenters. The number of para-hydroxylation sites is 1. The van der Waals surface area contributed by atoms with Gasteiger partial charge >= 0.3 is 0 Å². The summed E-state index contributed by atoms with van der Waals surface area (Å²) in [5.74, 6) is 0.666. The molecule has 0 saturated carbocycles. The number of benzene rings is 2. The maximum Gasteiger partial charge on any atom is 0.0404 e. The van der Waals surface area contributed by atoms with Crippen molar-refractivity contribution in [2.45, 2.75) is 38.5 Å². The van der Waals surface area contributed by atoms with Gasteiger partial charge in [-0.3, -0.25) is 0 Å². The van der Waals surface area contributed by atoms with Crippen molar-refractivity contribution in [1.82, 2.24) is 0 Å². The van der Waals surface area contributed by atoms with Crippen molar-refractivity contribution in [3.63, 3.8) is 0 Å². The van der Waals surface area contributed by atoms with Gasteiger partial charge in [-0.05, 0) is 29.0 Å². The molecule has 0 aliphatic carbocycles. The maximum absolute atomic E-state index is 2.57. The first kappa shape index (κ1) is 14.2. The van der Waals surface area contributed by atoms with E-state index in [9.17, 15) is 0 Å². The van der Waals surface area contributed by atoms with E-state index in [0.29, 0.717) is 5.92 Å². The number of hydrogen-bond acceptors (Lipinski definition) is 1. The number of hydrogen-bond donors (Lipinski definition) is 0. The van der Waals surface area contributed by atoms with E-state index in [1.165, 1.54) is 23.2 Å². The van der Waals surface area contributed by atoms with Crippen LogP contribution in [0.4, 0.5) is 5.69 Å². The van der Waals surface area contributed by atoms with Gasteiger partial charge in [0.05, 0.1) is 0 Å². The summed E-state index contributed by atoms with van der Waals surface area (Å²) in [6, 6.07) is 19.8. The molecule has 21 heavy (non-hydrogen) atoms. The zero-order valence-electron chi connectivity index (χ0n) is 13.3. The zero-order chi connectivity index (χ0) is 14.9. The SMILES string of the molecule is CC(C)(C)c1ccccc1N1CC[C@@H](c2ccccc2)C1. The van der Waals surface area contributed by atoms with Crippen molar-refractivity contribution in [2.75, 3.05) is 18.0 Å². The molecule has 1 heterocycles. The third kappa shape index (κ3) is 2.97. The van der Waals surface area contributed by atoms with Gasteiger partial charge in [0, 0.05) is 24.7 Å². The van der Waals surface area contributed by atoms with Crippen LogP contribution in [0.25, 0.3) is 0 Å². The van der Waals surface area contributed by atoms with E-state index in [0.717, 1.165) is 13.1 Å². The fourth-order valence-corrected chi connectivity index (χ4v) is 3.36. The molecule has 3 rings (SSSR count). The average molecular weight is 279 g/mol. The molecule has 0 bridgehead atoms. The summed E-state index contributed by atoms with van der Waals surface area (Å²) in [5.41, 5.74) is 4.55. The monoisotopic (exact) mass is 279 g/mol. The number of rotatable bonds is 2. The first-order valence-corrected chi connectivity index (χ1v) is 7.95. The lowest BCUT2D eigenvalue weighted by Crippen LogP contribution is -2.24. The third-order valence-electron chi connectivity index (χ3n) is 4.51. The van der Waals surface area contributed by atoms with Crippen molar-refractivity contribution in [2.24, 2.45) is 0 Å². The van der Waals surface area contributed by atoms with E-state index in [4.69, 9.17) is 0 Å². The molecule has 0 unspecified atom stereocenters. The summed E-state index contributed by atoms with van der Waals surface area (Å²) >= 11 is 0. The van der Waals surface area contributed by atoms with Crippen molar-refractivity contribution >= 4 is 5.69 Å². The lowest BCUT2D eigenvalue weighted by atomic mass is 9.85. The second kappa shape index (κ2) is 5.55. The molecule has 0 spiro atoms. The molecule has 2 aromatic rings. The molecule has 2 aromatic carbocycles. The van der Waals surface area contributed by atoms with E-state index < -0.39 is 0 Å². The Bertz CT molecular complexity index is 595. The van der Waals surface area contributed by atoms with E-state index in [1.807, 2.05) is 0 Å². The summed E-state index contributed by atoms with van der Waals surface area (Å²) in [4.78, 5) is 2.57. The minimum Gasteiger partial charge on any atom is -0.371 e. The Morgan fingerprint density at radius 2 is 1.57 bits per heavy atom. The molecule has 1 heteroatoms. The quantitative estimate of drug-likeness (QED) is 0.749. The summed E-state index contributed by atoms with van der Waals surface area (Å²) in [6.45, 7) is 9.20. The Morgan fingerprint density at radius 1 is 0.905 bits per heavy atom. The van der Waals surface area contributed by atoms with Crippen molar-refractivity contribution < 1.29 is 0 Å². The molecule has 1 fully saturated rings. The molecule has 0 radical (unpaired) electrons. The van der Waals surface area contributed by atoms with Crippen LogP contribution in [0.3, 0.4) is 0 Å². The zero-order valence-corrected chi connectivity index (χ0v) is 13.3. The van der Waals surface area contributed by atoms with Crippen LogP contribution >= 0.6 is 0 Å². The van der Waals surface area contributed by atoms with E-state index in [1.54, 1.807) is 0 Å². The van der Waals surface area contributed by atoms with Crippen molar-refractivity contribution in [3.05, 3.63) is 65.7 Å². The summed E-state index contributed by atoms with van der Waals surface area (Å²) in [7, 11) is 0. The first-order chi connectivity index (χ1) is 10.1. The van der Waals surface area contributed by atoms with Crippen LogP contribution in [0.1, 0.15) is 44.2 Å². The molecule has 0 amide bonds. The van der Waals surface area contributed by atoms with Crippen LogP contribution in [0.2, 0.25) is 0 Å². The minimum absolute atomic E-state index is 0.196. The molecule has 1 saturated heterocycles. The number of nitrogens with zero attached hydrogens (tertiary/aromatic N) is 1. The summed E-state index contributed by atoms with van der Waals surface area (Å²) < 4.78 is 0. The summed E-state index contributed by atoms with van der Waals surface area (Å²) in [6.07, 6.45) is 1.25. The van der Waals surface area contributed by atoms with Crippen LogP contribution < -0.4 is 4.90 Å². The van der Waals surface area contributed by atoms with Crippen molar-refractivity contribution in [1.29, 1.82) is 0 Å². The van der Waals surface area contributed by atoms with Gasteiger partial charge in [-0.1, -0.05) is 69.3 Å².